The van der Waals surface area contributed by atoms with Crippen LogP contribution in [0, 0.1) is 11.3 Å². The Labute approximate surface area is 133 Å². The number of rotatable bonds is 5. The van der Waals surface area contributed by atoms with Crippen molar-refractivity contribution >= 4 is 17.5 Å². The van der Waals surface area contributed by atoms with E-state index in [1.165, 1.54) is 0 Å². The molecular weight excluding hydrogens is 288 g/mol. The van der Waals surface area contributed by atoms with Gasteiger partial charge >= 0.3 is 0 Å². The van der Waals surface area contributed by atoms with Gasteiger partial charge in [0, 0.05) is 18.1 Å². The molecule has 3 aromatic rings. The van der Waals surface area contributed by atoms with Gasteiger partial charge in [0.2, 0.25) is 5.95 Å². The van der Waals surface area contributed by atoms with Crippen molar-refractivity contribution in [2.45, 2.75) is 6.54 Å². The Morgan fingerprint density at radius 2 is 1.83 bits per heavy atom. The Hall–Kier alpha value is -3.46. The maximum absolute atomic E-state index is 8.80. The van der Waals surface area contributed by atoms with E-state index in [9.17, 15) is 0 Å². The van der Waals surface area contributed by atoms with E-state index in [1.807, 2.05) is 30.3 Å². The van der Waals surface area contributed by atoms with Crippen LogP contribution in [0.3, 0.4) is 0 Å². The van der Waals surface area contributed by atoms with Crippen LogP contribution < -0.4 is 10.6 Å². The van der Waals surface area contributed by atoms with Gasteiger partial charge in [-0.2, -0.15) is 10.2 Å². The molecule has 0 spiro atoms. The second-order valence-electron chi connectivity index (χ2n) is 4.75. The zero-order valence-corrected chi connectivity index (χ0v) is 12.3. The summed E-state index contributed by atoms with van der Waals surface area (Å²) in [6.07, 6.45) is 3.44. The number of nitrogens with zero attached hydrogens (tertiary/aromatic N) is 4. The van der Waals surface area contributed by atoms with Gasteiger partial charge in [-0.3, -0.25) is 4.98 Å². The summed E-state index contributed by atoms with van der Waals surface area (Å²) >= 11 is 0. The number of nitrogens with one attached hydrogen (secondary N) is 2. The van der Waals surface area contributed by atoms with Crippen molar-refractivity contribution in [2.24, 2.45) is 0 Å². The molecule has 0 radical (unpaired) electrons. The van der Waals surface area contributed by atoms with Crippen LogP contribution in [0.2, 0.25) is 0 Å². The number of benzene rings is 1. The molecule has 0 aliphatic carbocycles. The molecule has 3 rings (SSSR count). The Kier molecular flexibility index (Phi) is 4.41. The third kappa shape index (κ3) is 4.02. The zero-order chi connectivity index (χ0) is 15.9. The molecule has 0 unspecified atom stereocenters. The topological polar surface area (TPSA) is 86.5 Å². The summed E-state index contributed by atoms with van der Waals surface area (Å²) in [5, 5.41) is 15.1. The Morgan fingerprint density at radius 3 is 2.57 bits per heavy atom. The molecule has 2 aromatic heterocycles. The van der Waals surface area contributed by atoms with Gasteiger partial charge in [-0.1, -0.05) is 6.07 Å². The van der Waals surface area contributed by atoms with Crippen LogP contribution in [0.5, 0.6) is 0 Å². The fraction of sp³-hybridized carbons (Fsp3) is 0.0588. The molecule has 112 valence electrons. The minimum Gasteiger partial charge on any atom is -0.364 e. The fourth-order valence-electron chi connectivity index (χ4n) is 1.96. The van der Waals surface area contributed by atoms with Crippen molar-refractivity contribution in [2.75, 3.05) is 10.6 Å². The molecule has 2 N–H and O–H groups in total. The summed E-state index contributed by atoms with van der Waals surface area (Å²) < 4.78 is 0. The molecule has 1 aromatic carbocycles. The molecule has 0 saturated carbocycles. The van der Waals surface area contributed by atoms with Gasteiger partial charge in [-0.05, 0) is 42.5 Å². The van der Waals surface area contributed by atoms with Crippen LogP contribution in [0.1, 0.15) is 11.3 Å². The van der Waals surface area contributed by atoms with Crippen LogP contribution in [0.4, 0.5) is 17.5 Å². The maximum Gasteiger partial charge on any atom is 0.229 e. The van der Waals surface area contributed by atoms with E-state index in [4.69, 9.17) is 5.26 Å². The standard InChI is InChI=1S/C17H14N6/c18-11-13-4-6-14(7-5-13)22-17-20-10-8-16(23-17)21-12-15-3-1-2-9-19-15/h1-10H,12H2,(H2,20,21,22,23). The zero-order valence-electron chi connectivity index (χ0n) is 12.3. The number of hydrogen-bond donors (Lipinski definition) is 2. The van der Waals surface area contributed by atoms with Gasteiger partial charge in [-0.15, -0.1) is 0 Å². The molecule has 6 nitrogen and oxygen atoms in total. The molecule has 0 saturated heterocycles. The van der Waals surface area contributed by atoms with Crippen molar-refractivity contribution < 1.29 is 0 Å². The minimum absolute atomic E-state index is 0.487. The normalized spacial score (nSPS) is 9.87. The molecule has 0 bridgehead atoms. The average molecular weight is 302 g/mol. The summed E-state index contributed by atoms with van der Waals surface area (Å²) in [6.45, 7) is 0.591. The molecule has 0 fully saturated rings. The van der Waals surface area contributed by atoms with Gasteiger partial charge < -0.3 is 10.6 Å². The summed E-state index contributed by atoms with van der Waals surface area (Å²) in [6, 6.07) is 16.8. The van der Waals surface area contributed by atoms with Crippen molar-refractivity contribution in [1.29, 1.82) is 5.26 Å². The van der Waals surface area contributed by atoms with Gasteiger partial charge in [0.1, 0.15) is 5.82 Å². The third-order valence-electron chi connectivity index (χ3n) is 3.10. The predicted molar refractivity (Wildman–Crippen MR) is 88.0 cm³/mol. The maximum atomic E-state index is 8.80. The third-order valence-corrected chi connectivity index (χ3v) is 3.10. The average Bonchev–Trinajstić information content (AvgIpc) is 2.62. The first kappa shape index (κ1) is 14.5. The molecule has 0 aliphatic rings. The van der Waals surface area contributed by atoms with Gasteiger partial charge in [0.25, 0.3) is 0 Å². The smallest absolute Gasteiger partial charge is 0.229 e. The molecule has 2 heterocycles. The highest BCUT2D eigenvalue weighted by molar-refractivity contribution is 5.56. The molecule has 0 atom stereocenters. The van der Waals surface area contributed by atoms with Gasteiger partial charge in [-0.25, -0.2) is 4.98 Å². The summed E-state index contributed by atoms with van der Waals surface area (Å²) in [7, 11) is 0. The largest absolute Gasteiger partial charge is 0.364 e. The second kappa shape index (κ2) is 7.00. The first-order valence-corrected chi connectivity index (χ1v) is 7.07. The SMILES string of the molecule is N#Cc1ccc(Nc2nccc(NCc3ccccn3)n2)cc1. The predicted octanol–water partition coefficient (Wildman–Crippen LogP) is 3.10. The Bertz CT molecular complexity index is 808. The number of hydrogen-bond acceptors (Lipinski definition) is 6. The van der Waals surface area contributed by atoms with Crippen molar-refractivity contribution in [1.82, 2.24) is 15.0 Å². The monoisotopic (exact) mass is 302 g/mol. The molecule has 6 heteroatoms. The highest BCUT2D eigenvalue weighted by Crippen LogP contribution is 2.15. The van der Waals surface area contributed by atoms with E-state index in [-0.39, 0.29) is 0 Å². The van der Waals surface area contributed by atoms with E-state index < -0.39 is 0 Å². The highest BCUT2D eigenvalue weighted by atomic mass is 15.1. The first-order valence-electron chi connectivity index (χ1n) is 7.07. The number of anilines is 3. The van der Waals surface area contributed by atoms with E-state index in [1.54, 1.807) is 30.6 Å². The van der Waals surface area contributed by atoms with E-state index in [2.05, 4.69) is 31.7 Å². The quantitative estimate of drug-likeness (QED) is 0.753. The molecular formula is C17H14N6. The van der Waals surface area contributed by atoms with Gasteiger partial charge in [0.05, 0.1) is 23.9 Å². The summed E-state index contributed by atoms with van der Waals surface area (Å²) in [5.74, 6) is 1.20. The van der Waals surface area contributed by atoms with Crippen LogP contribution >= 0.6 is 0 Å². The number of pyridine rings is 1. The second-order valence-corrected chi connectivity index (χ2v) is 4.75. The molecule has 23 heavy (non-hydrogen) atoms. The first-order chi connectivity index (χ1) is 11.3. The lowest BCUT2D eigenvalue weighted by Gasteiger charge is -2.08. The molecule has 0 aliphatic heterocycles. The van der Waals surface area contributed by atoms with Crippen LogP contribution in [-0.4, -0.2) is 15.0 Å². The van der Waals surface area contributed by atoms with Crippen LogP contribution in [0.15, 0.2) is 60.9 Å². The van der Waals surface area contributed by atoms with E-state index in [0.29, 0.717) is 23.9 Å². The van der Waals surface area contributed by atoms with Crippen LogP contribution in [-0.2, 0) is 6.54 Å². The summed E-state index contributed by atoms with van der Waals surface area (Å²) in [5.41, 5.74) is 2.38. The summed E-state index contributed by atoms with van der Waals surface area (Å²) in [4.78, 5) is 12.8. The fourth-order valence-corrected chi connectivity index (χ4v) is 1.96. The van der Waals surface area contributed by atoms with Gasteiger partial charge in [0.15, 0.2) is 0 Å². The number of nitriles is 1. The molecule has 0 amide bonds. The lowest BCUT2D eigenvalue weighted by atomic mass is 10.2. The van der Waals surface area contributed by atoms with E-state index >= 15 is 0 Å². The number of aromatic nitrogens is 3. The minimum atomic E-state index is 0.487. The van der Waals surface area contributed by atoms with Crippen molar-refractivity contribution in [3.05, 3.63) is 72.2 Å². The van der Waals surface area contributed by atoms with Crippen LogP contribution in [0.25, 0.3) is 0 Å². The lowest BCUT2D eigenvalue weighted by molar-refractivity contribution is 1.02. The Balaban J connectivity index is 1.66. The highest BCUT2D eigenvalue weighted by Gasteiger charge is 2.01. The lowest BCUT2D eigenvalue weighted by Crippen LogP contribution is -2.05. The Morgan fingerprint density at radius 1 is 0.957 bits per heavy atom. The van der Waals surface area contributed by atoms with E-state index in [0.717, 1.165) is 11.4 Å². The van der Waals surface area contributed by atoms with Crippen molar-refractivity contribution in [3.8, 4) is 6.07 Å². The van der Waals surface area contributed by atoms with Crippen molar-refractivity contribution in [3.63, 3.8) is 0 Å².